The highest BCUT2D eigenvalue weighted by atomic mass is 19.1. The predicted octanol–water partition coefficient (Wildman–Crippen LogP) is 2.72. The molecule has 2 aliphatic rings. The summed E-state index contributed by atoms with van der Waals surface area (Å²) in [4.78, 5) is 31.4. The van der Waals surface area contributed by atoms with Crippen molar-refractivity contribution in [1.82, 2.24) is 15.1 Å². The van der Waals surface area contributed by atoms with E-state index in [-0.39, 0.29) is 17.8 Å². The second-order valence-corrected chi connectivity index (χ2v) is 8.10. The zero-order valence-corrected chi connectivity index (χ0v) is 18.1. The molecule has 4 rings (SSSR count). The quantitative estimate of drug-likeness (QED) is 0.719. The monoisotopic (exact) mass is 440 g/mol. The molecular weight excluding hydrogens is 411 g/mol. The third kappa shape index (κ3) is 5.63. The number of rotatable bonds is 7. The van der Waals surface area contributed by atoms with Gasteiger partial charge in [0.15, 0.2) is 0 Å². The van der Waals surface area contributed by atoms with Gasteiger partial charge in [0, 0.05) is 57.1 Å². The zero-order valence-electron chi connectivity index (χ0n) is 18.1. The van der Waals surface area contributed by atoms with E-state index in [2.05, 4.69) is 10.2 Å². The van der Waals surface area contributed by atoms with Gasteiger partial charge in [0.05, 0.1) is 13.2 Å². The average molecular weight is 441 g/mol. The molecule has 3 amide bonds. The third-order valence-electron chi connectivity index (χ3n) is 5.81. The normalized spacial score (nSPS) is 17.5. The smallest absolute Gasteiger partial charge is 0.324 e. The molecule has 8 heteroatoms. The Kier molecular flexibility index (Phi) is 7.34. The highest BCUT2D eigenvalue weighted by molar-refractivity contribution is 5.98. The molecular formula is C24H29FN4O3. The number of carbonyl (C=O) groups excluding carboxylic acids is 2. The summed E-state index contributed by atoms with van der Waals surface area (Å²) in [5, 5.41) is 2.96. The van der Waals surface area contributed by atoms with Crippen LogP contribution in [0, 0.1) is 5.82 Å². The summed E-state index contributed by atoms with van der Waals surface area (Å²) in [6.07, 6.45) is 0.803. The van der Waals surface area contributed by atoms with Crippen LogP contribution in [0.3, 0.4) is 0 Å². The minimum atomic E-state index is -0.309. The Hall–Kier alpha value is -2.97. The van der Waals surface area contributed by atoms with Crippen LogP contribution in [0.25, 0.3) is 0 Å². The van der Waals surface area contributed by atoms with E-state index in [1.165, 1.54) is 12.1 Å². The molecule has 170 valence electrons. The minimum Gasteiger partial charge on any atom is -0.379 e. The molecule has 0 unspecified atom stereocenters. The number of ether oxygens (including phenoxy) is 1. The van der Waals surface area contributed by atoms with E-state index in [0.717, 1.165) is 44.8 Å². The van der Waals surface area contributed by atoms with Crippen LogP contribution in [-0.2, 0) is 11.3 Å². The number of nitrogens with one attached hydrogen (secondary N) is 1. The summed E-state index contributed by atoms with van der Waals surface area (Å²) in [7, 11) is 0. The molecule has 1 N–H and O–H groups in total. The summed E-state index contributed by atoms with van der Waals surface area (Å²) in [6, 6.07) is 13.3. The van der Waals surface area contributed by atoms with Gasteiger partial charge in [-0.2, -0.15) is 0 Å². The molecule has 2 fully saturated rings. The van der Waals surface area contributed by atoms with Crippen molar-refractivity contribution in [2.75, 3.05) is 57.4 Å². The number of hydrogen-bond donors (Lipinski definition) is 1. The van der Waals surface area contributed by atoms with Crippen LogP contribution in [0.1, 0.15) is 22.3 Å². The molecule has 2 heterocycles. The fraction of sp³-hybridized carbons (Fsp3) is 0.417. The highest BCUT2D eigenvalue weighted by Gasteiger charge is 2.27. The molecule has 0 aliphatic carbocycles. The third-order valence-corrected chi connectivity index (χ3v) is 5.81. The SMILES string of the molecule is O=C(NCCN1CCOCC1)c1cccc(N2CCCN(Cc3cccc(F)c3)C2=O)c1. The van der Waals surface area contributed by atoms with Crippen molar-refractivity contribution in [2.45, 2.75) is 13.0 Å². The van der Waals surface area contributed by atoms with Gasteiger partial charge in [0.1, 0.15) is 5.82 Å². The number of benzene rings is 2. The van der Waals surface area contributed by atoms with Crippen LogP contribution in [0.5, 0.6) is 0 Å². The van der Waals surface area contributed by atoms with Crippen LogP contribution >= 0.6 is 0 Å². The summed E-state index contributed by atoms with van der Waals surface area (Å²) >= 11 is 0. The number of anilines is 1. The molecule has 2 saturated heterocycles. The van der Waals surface area contributed by atoms with Crippen LogP contribution in [-0.4, -0.2) is 74.2 Å². The minimum absolute atomic E-state index is 0.134. The average Bonchev–Trinajstić information content (AvgIpc) is 2.81. The lowest BCUT2D eigenvalue weighted by Gasteiger charge is -2.35. The zero-order chi connectivity index (χ0) is 22.3. The van der Waals surface area contributed by atoms with Crippen LogP contribution in [0.4, 0.5) is 14.9 Å². The van der Waals surface area contributed by atoms with Gasteiger partial charge in [-0.1, -0.05) is 18.2 Å². The largest absolute Gasteiger partial charge is 0.379 e. The number of hydrogen-bond acceptors (Lipinski definition) is 4. The summed E-state index contributed by atoms with van der Waals surface area (Å²) in [5.74, 6) is -0.461. The Balaban J connectivity index is 1.37. The van der Waals surface area contributed by atoms with Gasteiger partial charge in [-0.05, 0) is 42.3 Å². The number of halogens is 1. The number of amides is 3. The van der Waals surface area contributed by atoms with Crippen molar-refractivity contribution >= 4 is 17.6 Å². The Labute approximate surface area is 187 Å². The molecule has 32 heavy (non-hydrogen) atoms. The number of nitrogens with zero attached hydrogens (tertiary/aromatic N) is 3. The van der Waals surface area contributed by atoms with E-state index in [1.807, 2.05) is 12.1 Å². The number of carbonyl (C=O) groups is 2. The number of morpholine rings is 1. The molecule has 0 saturated carbocycles. The second kappa shape index (κ2) is 10.6. The fourth-order valence-corrected chi connectivity index (χ4v) is 4.09. The number of urea groups is 1. The fourth-order valence-electron chi connectivity index (χ4n) is 4.09. The second-order valence-electron chi connectivity index (χ2n) is 8.10. The van der Waals surface area contributed by atoms with Crippen molar-refractivity contribution in [3.63, 3.8) is 0 Å². The standard InChI is InChI=1S/C24H29FN4O3/c25-21-6-1-4-19(16-21)18-28-9-3-10-29(24(28)31)22-7-2-5-20(17-22)23(30)26-8-11-27-12-14-32-15-13-27/h1-2,4-7,16-17H,3,8-15,18H2,(H,26,30). The molecule has 2 aromatic carbocycles. The van der Waals surface area contributed by atoms with Crippen LogP contribution in [0.2, 0.25) is 0 Å². The highest BCUT2D eigenvalue weighted by Crippen LogP contribution is 2.23. The Morgan fingerprint density at radius 3 is 2.66 bits per heavy atom. The lowest BCUT2D eigenvalue weighted by Crippen LogP contribution is -2.49. The first kappa shape index (κ1) is 22.2. The predicted molar refractivity (Wildman–Crippen MR) is 120 cm³/mol. The maximum absolute atomic E-state index is 13.5. The lowest BCUT2D eigenvalue weighted by molar-refractivity contribution is 0.0383. The Morgan fingerprint density at radius 1 is 1.03 bits per heavy atom. The van der Waals surface area contributed by atoms with E-state index in [1.54, 1.807) is 34.1 Å². The van der Waals surface area contributed by atoms with Gasteiger partial charge in [0.25, 0.3) is 5.91 Å². The van der Waals surface area contributed by atoms with Gasteiger partial charge in [0.2, 0.25) is 0 Å². The van der Waals surface area contributed by atoms with Crippen LogP contribution < -0.4 is 10.2 Å². The van der Waals surface area contributed by atoms with Gasteiger partial charge in [-0.15, -0.1) is 0 Å². The first-order chi connectivity index (χ1) is 15.6. The van der Waals surface area contributed by atoms with Crippen molar-refractivity contribution in [2.24, 2.45) is 0 Å². The van der Waals surface area contributed by atoms with E-state index in [0.29, 0.717) is 37.4 Å². The van der Waals surface area contributed by atoms with Crippen molar-refractivity contribution < 1.29 is 18.7 Å². The lowest BCUT2D eigenvalue weighted by atomic mass is 10.1. The van der Waals surface area contributed by atoms with Gasteiger partial charge < -0.3 is 15.0 Å². The summed E-state index contributed by atoms with van der Waals surface area (Å²) in [6.45, 7) is 6.14. The van der Waals surface area contributed by atoms with Gasteiger partial charge >= 0.3 is 6.03 Å². The Morgan fingerprint density at radius 2 is 1.84 bits per heavy atom. The van der Waals surface area contributed by atoms with E-state index >= 15 is 0 Å². The molecule has 0 aromatic heterocycles. The molecule has 0 atom stereocenters. The molecule has 0 bridgehead atoms. The Bertz CT molecular complexity index is 948. The van der Waals surface area contributed by atoms with Crippen molar-refractivity contribution in [1.29, 1.82) is 0 Å². The topological polar surface area (TPSA) is 65.1 Å². The van der Waals surface area contributed by atoms with E-state index in [4.69, 9.17) is 4.74 Å². The van der Waals surface area contributed by atoms with E-state index < -0.39 is 0 Å². The molecule has 7 nitrogen and oxygen atoms in total. The molecule has 2 aromatic rings. The summed E-state index contributed by atoms with van der Waals surface area (Å²) < 4.78 is 18.9. The maximum Gasteiger partial charge on any atom is 0.324 e. The van der Waals surface area contributed by atoms with Crippen LogP contribution in [0.15, 0.2) is 48.5 Å². The van der Waals surface area contributed by atoms with Gasteiger partial charge in [-0.3, -0.25) is 14.6 Å². The van der Waals surface area contributed by atoms with E-state index in [9.17, 15) is 14.0 Å². The molecule has 0 radical (unpaired) electrons. The first-order valence-electron chi connectivity index (χ1n) is 11.1. The summed E-state index contributed by atoms with van der Waals surface area (Å²) in [5.41, 5.74) is 1.98. The van der Waals surface area contributed by atoms with Crippen molar-refractivity contribution in [3.05, 3.63) is 65.5 Å². The van der Waals surface area contributed by atoms with Gasteiger partial charge in [-0.25, -0.2) is 9.18 Å². The van der Waals surface area contributed by atoms with Crippen molar-refractivity contribution in [3.8, 4) is 0 Å². The molecule has 0 spiro atoms. The first-order valence-corrected chi connectivity index (χ1v) is 11.1. The molecule has 2 aliphatic heterocycles. The maximum atomic E-state index is 13.5.